The Bertz CT molecular complexity index is 524. The van der Waals surface area contributed by atoms with E-state index in [0.29, 0.717) is 19.7 Å². The molecule has 0 saturated carbocycles. The van der Waals surface area contributed by atoms with Gasteiger partial charge in [-0.1, -0.05) is 0 Å². The first-order chi connectivity index (χ1) is 9.15. The zero-order valence-electron chi connectivity index (χ0n) is 10.8. The largest absolute Gasteiger partial charge is 0.373 e. The zero-order chi connectivity index (χ0) is 13.4. The number of likely N-dealkylation sites (N-methyl/N-ethyl adjacent to an activating group) is 1. The van der Waals surface area contributed by atoms with Crippen molar-refractivity contribution in [3.8, 4) is 0 Å². The number of hydrogen-bond donors (Lipinski definition) is 1. The molecule has 0 radical (unpaired) electrons. The van der Waals surface area contributed by atoms with Crippen molar-refractivity contribution in [2.75, 3.05) is 33.3 Å². The van der Waals surface area contributed by atoms with Crippen molar-refractivity contribution in [3.63, 3.8) is 0 Å². The highest BCUT2D eigenvalue weighted by molar-refractivity contribution is 5.76. The number of aromatic amines is 1. The third-order valence-corrected chi connectivity index (χ3v) is 3.86. The van der Waals surface area contributed by atoms with Crippen LogP contribution in [0.15, 0.2) is 11.1 Å². The number of nitrogens with one attached hydrogen (secondary N) is 1. The Labute approximate surface area is 109 Å². The first-order valence-electron chi connectivity index (χ1n) is 6.34. The maximum atomic E-state index is 12.2. The van der Waals surface area contributed by atoms with Crippen molar-refractivity contribution in [1.29, 1.82) is 0 Å². The van der Waals surface area contributed by atoms with Gasteiger partial charge in [0.15, 0.2) is 0 Å². The van der Waals surface area contributed by atoms with Gasteiger partial charge >= 0.3 is 5.69 Å². The van der Waals surface area contributed by atoms with E-state index in [-0.39, 0.29) is 30.3 Å². The second kappa shape index (κ2) is 4.78. The summed E-state index contributed by atoms with van der Waals surface area (Å²) in [7, 11) is 2.05. The molecule has 1 N–H and O–H groups in total. The molecule has 0 aromatic carbocycles. The van der Waals surface area contributed by atoms with Gasteiger partial charge in [-0.05, 0) is 7.05 Å². The Kier molecular flexibility index (Phi) is 3.11. The molecule has 0 aliphatic carbocycles. The van der Waals surface area contributed by atoms with Crippen molar-refractivity contribution in [2.45, 2.75) is 18.7 Å². The van der Waals surface area contributed by atoms with Crippen molar-refractivity contribution in [1.82, 2.24) is 24.6 Å². The smallest absolute Gasteiger partial charge is 0.343 e. The molecule has 3 rings (SSSR count). The number of fused-ring (bicyclic) bond motifs is 1. The Morgan fingerprint density at radius 1 is 1.58 bits per heavy atom. The lowest BCUT2D eigenvalue weighted by molar-refractivity contribution is -0.131. The van der Waals surface area contributed by atoms with Crippen LogP contribution in [0, 0.1) is 0 Å². The Hall–Kier alpha value is -1.67. The topological polar surface area (TPSA) is 83.5 Å². The van der Waals surface area contributed by atoms with Gasteiger partial charge in [-0.25, -0.2) is 9.89 Å². The van der Waals surface area contributed by atoms with Gasteiger partial charge in [0.25, 0.3) is 0 Å². The fourth-order valence-electron chi connectivity index (χ4n) is 2.69. The number of aromatic nitrogens is 3. The highest BCUT2D eigenvalue weighted by atomic mass is 16.5. The normalized spacial score (nSPS) is 27.5. The Morgan fingerprint density at radius 2 is 2.42 bits per heavy atom. The summed E-state index contributed by atoms with van der Waals surface area (Å²) in [5.41, 5.74) is -0.363. The lowest BCUT2D eigenvalue weighted by Gasteiger charge is -2.33. The number of morpholine rings is 1. The number of nitrogens with zero attached hydrogens (tertiary/aromatic N) is 4. The van der Waals surface area contributed by atoms with Crippen LogP contribution in [-0.2, 0) is 16.1 Å². The molecule has 0 unspecified atom stereocenters. The summed E-state index contributed by atoms with van der Waals surface area (Å²) in [4.78, 5) is 27.5. The minimum Gasteiger partial charge on any atom is -0.373 e. The van der Waals surface area contributed by atoms with E-state index in [4.69, 9.17) is 4.74 Å². The third kappa shape index (κ3) is 2.28. The lowest BCUT2D eigenvalue weighted by atomic mass is 10.1. The number of ether oxygens (including phenoxy) is 1. The van der Waals surface area contributed by atoms with Crippen molar-refractivity contribution < 1.29 is 9.53 Å². The predicted octanol–water partition coefficient (Wildman–Crippen LogP) is -1.89. The Morgan fingerprint density at radius 3 is 3.11 bits per heavy atom. The van der Waals surface area contributed by atoms with Crippen molar-refractivity contribution in [3.05, 3.63) is 16.8 Å². The molecule has 0 spiro atoms. The van der Waals surface area contributed by atoms with Gasteiger partial charge < -0.3 is 9.64 Å². The van der Waals surface area contributed by atoms with E-state index in [2.05, 4.69) is 22.1 Å². The summed E-state index contributed by atoms with van der Waals surface area (Å²) in [6.45, 7) is 2.89. The van der Waals surface area contributed by atoms with E-state index in [0.717, 1.165) is 6.54 Å². The van der Waals surface area contributed by atoms with E-state index in [1.807, 2.05) is 0 Å². The molecule has 2 fully saturated rings. The number of likely N-dealkylation sites (tertiary alicyclic amines) is 1. The van der Waals surface area contributed by atoms with Crippen LogP contribution >= 0.6 is 0 Å². The summed E-state index contributed by atoms with van der Waals surface area (Å²) in [5, 5.41) is 5.88. The van der Waals surface area contributed by atoms with Crippen LogP contribution in [0.3, 0.4) is 0 Å². The Balaban J connectivity index is 1.66. The molecule has 0 bridgehead atoms. The minimum absolute atomic E-state index is 0.0263. The van der Waals surface area contributed by atoms with Crippen LogP contribution in [0.5, 0.6) is 0 Å². The van der Waals surface area contributed by atoms with Gasteiger partial charge in [0.1, 0.15) is 12.9 Å². The van der Waals surface area contributed by atoms with Gasteiger partial charge in [0.2, 0.25) is 5.91 Å². The average molecular weight is 267 g/mol. The molecule has 8 heteroatoms. The fourth-order valence-corrected chi connectivity index (χ4v) is 2.69. The second-order valence-electron chi connectivity index (χ2n) is 5.05. The number of rotatable bonds is 2. The van der Waals surface area contributed by atoms with Gasteiger partial charge in [-0.3, -0.25) is 14.3 Å². The zero-order valence-corrected chi connectivity index (χ0v) is 10.8. The van der Waals surface area contributed by atoms with Crippen molar-refractivity contribution >= 4 is 5.91 Å². The molecule has 2 aliphatic heterocycles. The monoisotopic (exact) mass is 267 g/mol. The number of carbonyl (C=O) groups is 1. The van der Waals surface area contributed by atoms with E-state index in [9.17, 15) is 9.59 Å². The molecule has 2 aliphatic rings. The SMILES string of the molecule is CN1CCO[C@@H]2CN(C(=O)Cn3cn[nH]c3=O)C[C@@H]21. The van der Waals surface area contributed by atoms with Gasteiger partial charge in [0.05, 0.1) is 18.8 Å². The van der Waals surface area contributed by atoms with Gasteiger partial charge in [-0.15, -0.1) is 0 Å². The van der Waals surface area contributed by atoms with Crippen LogP contribution in [0.1, 0.15) is 0 Å². The van der Waals surface area contributed by atoms with Crippen LogP contribution in [-0.4, -0.2) is 75.9 Å². The maximum absolute atomic E-state index is 12.2. The first kappa shape index (κ1) is 12.4. The minimum atomic E-state index is -0.363. The second-order valence-corrected chi connectivity index (χ2v) is 5.05. The predicted molar refractivity (Wildman–Crippen MR) is 65.6 cm³/mol. The molecule has 1 aromatic rings. The molecular weight excluding hydrogens is 250 g/mol. The van der Waals surface area contributed by atoms with E-state index < -0.39 is 0 Å². The average Bonchev–Trinajstić information content (AvgIpc) is 2.97. The highest BCUT2D eigenvalue weighted by Crippen LogP contribution is 2.21. The van der Waals surface area contributed by atoms with E-state index in [1.54, 1.807) is 4.90 Å². The third-order valence-electron chi connectivity index (χ3n) is 3.86. The van der Waals surface area contributed by atoms with E-state index in [1.165, 1.54) is 10.9 Å². The summed E-state index contributed by atoms with van der Waals surface area (Å²) in [5.74, 6) is -0.0742. The molecule has 1 aromatic heterocycles. The van der Waals surface area contributed by atoms with Crippen LogP contribution in [0.25, 0.3) is 0 Å². The molecule has 3 heterocycles. The van der Waals surface area contributed by atoms with Gasteiger partial charge in [-0.2, -0.15) is 5.10 Å². The quantitative estimate of drug-likeness (QED) is 0.677. The standard InChI is InChI=1S/C11H17N5O3/c1-14-2-3-19-9-5-15(4-8(9)14)10(17)6-16-7-12-13-11(16)18/h7-9H,2-6H2,1H3,(H,13,18)/t8-,9+/m0/s1. The first-order valence-corrected chi connectivity index (χ1v) is 6.34. The molecule has 2 atom stereocenters. The fraction of sp³-hybridized carbons (Fsp3) is 0.727. The highest BCUT2D eigenvalue weighted by Gasteiger charge is 2.40. The summed E-state index contributed by atoms with van der Waals surface area (Å²) >= 11 is 0. The van der Waals surface area contributed by atoms with Crippen LogP contribution < -0.4 is 5.69 Å². The van der Waals surface area contributed by atoms with E-state index >= 15 is 0 Å². The van der Waals surface area contributed by atoms with Crippen molar-refractivity contribution in [2.24, 2.45) is 0 Å². The van der Waals surface area contributed by atoms with Gasteiger partial charge in [0, 0.05) is 19.6 Å². The number of amides is 1. The molecule has 19 heavy (non-hydrogen) atoms. The molecule has 1 amide bonds. The molecule has 8 nitrogen and oxygen atoms in total. The summed E-state index contributed by atoms with van der Waals surface area (Å²) in [6.07, 6.45) is 1.43. The number of hydrogen-bond acceptors (Lipinski definition) is 5. The summed E-state index contributed by atoms with van der Waals surface area (Å²) in [6, 6.07) is 0.263. The van der Waals surface area contributed by atoms with Crippen LogP contribution in [0.4, 0.5) is 0 Å². The molecule has 2 saturated heterocycles. The maximum Gasteiger partial charge on any atom is 0.343 e. The molecule has 104 valence electrons. The number of H-pyrrole nitrogens is 1. The summed E-state index contributed by atoms with van der Waals surface area (Å²) < 4.78 is 6.96. The lowest BCUT2D eigenvalue weighted by Crippen LogP contribution is -2.48. The van der Waals surface area contributed by atoms with Crippen LogP contribution in [0.2, 0.25) is 0 Å². The molecular formula is C11H17N5O3. The number of carbonyl (C=O) groups excluding carboxylic acids is 1.